The van der Waals surface area contributed by atoms with Crippen LogP contribution in [0.2, 0.25) is 0 Å². The van der Waals surface area contributed by atoms with Crippen LogP contribution >= 0.6 is 0 Å². The summed E-state index contributed by atoms with van der Waals surface area (Å²) in [6.07, 6.45) is 5.28. The predicted molar refractivity (Wildman–Crippen MR) is 55.6 cm³/mol. The molecule has 82 valence electrons. The molecule has 0 aromatic rings. The zero-order valence-corrected chi connectivity index (χ0v) is 9.15. The number of nitrogens with one attached hydrogen (secondary N) is 2. The van der Waals surface area contributed by atoms with Gasteiger partial charge in [-0.05, 0) is 32.2 Å². The van der Waals surface area contributed by atoms with Gasteiger partial charge >= 0.3 is 0 Å². The summed E-state index contributed by atoms with van der Waals surface area (Å²) in [5.41, 5.74) is 0. The fourth-order valence-corrected chi connectivity index (χ4v) is 3.65. The lowest BCUT2D eigenvalue weighted by Gasteiger charge is -2.26. The molecule has 1 unspecified atom stereocenters. The SMILES string of the molecule is O=S(=O)(CC1CCCN1)NC1CCC1. The molecule has 1 saturated carbocycles. The Kier molecular flexibility index (Phi) is 3.09. The molecule has 1 atom stereocenters. The Bertz CT molecular complexity index is 279. The minimum Gasteiger partial charge on any atom is -0.313 e. The van der Waals surface area contributed by atoms with Crippen molar-refractivity contribution in [2.75, 3.05) is 12.3 Å². The molecule has 0 aromatic carbocycles. The Balaban J connectivity index is 1.81. The van der Waals surface area contributed by atoms with Gasteiger partial charge in [-0.2, -0.15) is 0 Å². The number of hydrogen-bond donors (Lipinski definition) is 2. The quantitative estimate of drug-likeness (QED) is 0.709. The molecule has 0 radical (unpaired) electrons. The molecule has 1 saturated heterocycles. The lowest BCUT2D eigenvalue weighted by atomic mass is 9.94. The van der Waals surface area contributed by atoms with Crippen molar-refractivity contribution < 1.29 is 8.42 Å². The highest BCUT2D eigenvalue weighted by atomic mass is 32.2. The molecule has 0 spiro atoms. The molecule has 0 bridgehead atoms. The van der Waals surface area contributed by atoms with Crippen LogP contribution in [0.3, 0.4) is 0 Å². The summed E-state index contributed by atoms with van der Waals surface area (Å²) < 4.78 is 26.0. The largest absolute Gasteiger partial charge is 0.313 e. The minimum absolute atomic E-state index is 0.174. The van der Waals surface area contributed by atoms with Crippen LogP contribution < -0.4 is 10.0 Å². The molecule has 2 aliphatic rings. The molecule has 1 heterocycles. The molecule has 14 heavy (non-hydrogen) atoms. The summed E-state index contributed by atoms with van der Waals surface area (Å²) >= 11 is 0. The number of sulfonamides is 1. The van der Waals surface area contributed by atoms with E-state index in [1.54, 1.807) is 0 Å². The smallest absolute Gasteiger partial charge is 0.213 e. The molecule has 1 aliphatic heterocycles. The molecule has 0 amide bonds. The van der Waals surface area contributed by atoms with E-state index in [0.29, 0.717) is 0 Å². The van der Waals surface area contributed by atoms with E-state index in [0.717, 1.165) is 38.6 Å². The standard InChI is InChI=1S/C9H18N2O2S/c12-14(13,11-8-3-1-4-8)7-9-5-2-6-10-9/h8-11H,1-7H2. The highest BCUT2D eigenvalue weighted by molar-refractivity contribution is 7.89. The van der Waals surface area contributed by atoms with Crippen LogP contribution in [0.5, 0.6) is 0 Å². The van der Waals surface area contributed by atoms with E-state index in [2.05, 4.69) is 10.0 Å². The third kappa shape index (κ3) is 2.68. The first-order chi connectivity index (χ1) is 6.66. The second-order valence-electron chi connectivity index (χ2n) is 4.32. The van der Waals surface area contributed by atoms with Crippen LogP contribution in [0.25, 0.3) is 0 Å². The first kappa shape index (κ1) is 10.4. The van der Waals surface area contributed by atoms with E-state index in [4.69, 9.17) is 0 Å². The van der Waals surface area contributed by atoms with E-state index in [1.165, 1.54) is 0 Å². The third-order valence-corrected chi connectivity index (χ3v) is 4.57. The molecule has 2 rings (SSSR count). The van der Waals surface area contributed by atoms with Gasteiger partial charge in [0.2, 0.25) is 10.0 Å². The number of hydrogen-bond acceptors (Lipinski definition) is 3. The van der Waals surface area contributed by atoms with Crippen molar-refractivity contribution in [2.45, 2.75) is 44.2 Å². The van der Waals surface area contributed by atoms with Crippen LogP contribution in [0.15, 0.2) is 0 Å². The molecular weight excluding hydrogens is 200 g/mol. The monoisotopic (exact) mass is 218 g/mol. The van der Waals surface area contributed by atoms with Crippen molar-refractivity contribution in [3.05, 3.63) is 0 Å². The maximum Gasteiger partial charge on any atom is 0.213 e. The van der Waals surface area contributed by atoms with Gasteiger partial charge < -0.3 is 5.32 Å². The molecule has 1 aliphatic carbocycles. The van der Waals surface area contributed by atoms with Crippen LogP contribution in [0, 0.1) is 0 Å². The summed E-state index contributed by atoms with van der Waals surface area (Å²) in [5, 5.41) is 3.20. The average molecular weight is 218 g/mol. The Morgan fingerprint density at radius 2 is 2.00 bits per heavy atom. The second kappa shape index (κ2) is 4.16. The van der Waals surface area contributed by atoms with E-state index >= 15 is 0 Å². The van der Waals surface area contributed by atoms with Gasteiger partial charge in [-0.3, -0.25) is 0 Å². The van der Waals surface area contributed by atoms with Crippen LogP contribution in [0.1, 0.15) is 32.1 Å². The van der Waals surface area contributed by atoms with Crippen molar-refractivity contribution in [1.82, 2.24) is 10.0 Å². The Hall–Kier alpha value is -0.130. The first-order valence-electron chi connectivity index (χ1n) is 5.39. The first-order valence-corrected chi connectivity index (χ1v) is 7.04. The van der Waals surface area contributed by atoms with Crippen molar-refractivity contribution in [2.24, 2.45) is 0 Å². The second-order valence-corrected chi connectivity index (χ2v) is 6.12. The Labute approximate surface area is 85.5 Å². The normalized spacial score (nSPS) is 29.0. The van der Waals surface area contributed by atoms with Gasteiger partial charge in [0.05, 0.1) is 5.75 Å². The fraction of sp³-hybridized carbons (Fsp3) is 1.00. The topological polar surface area (TPSA) is 58.2 Å². The summed E-state index contributed by atoms with van der Waals surface area (Å²) in [6.45, 7) is 0.962. The van der Waals surface area contributed by atoms with Crippen LogP contribution in [-0.4, -0.2) is 32.8 Å². The predicted octanol–water partition coefficient (Wildman–Crippen LogP) is 0.210. The number of rotatable bonds is 4. The van der Waals surface area contributed by atoms with Crippen molar-refractivity contribution in [3.63, 3.8) is 0 Å². The average Bonchev–Trinajstić information content (AvgIpc) is 2.49. The van der Waals surface area contributed by atoms with Gasteiger partial charge in [0, 0.05) is 12.1 Å². The highest BCUT2D eigenvalue weighted by Crippen LogP contribution is 2.19. The zero-order chi connectivity index (χ0) is 10.0. The summed E-state index contributed by atoms with van der Waals surface area (Å²) in [5.74, 6) is 0.253. The maximum absolute atomic E-state index is 11.6. The Morgan fingerprint density at radius 1 is 1.21 bits per heavy atom. The van der Waals surface area contributed by atoms with E-state index in [1.807, 2.05) is 0 Å². The molecule has 2 N–H and O–H groups in total. The maximum atomic E-state index is 11.6. The van der Waals surface area contributed by atoms with Crippen molar-refractivity contribution >= 4 is 10.0 Å². The van der Waals surface area contributed by atoms with Gasteiger partial charge in [-0.1, -0.05) is 6.42 Å². The van der Waals surface area contributed by atoms with Gasteiger partial charge in [0.25, 0.3) is 0 Å². The molecule has 5 heteroatoms. The van der Waals surface area contributed by atoms with Gasteiger partial charge in [0.15, 0.2) is 0 Å². The lowest BCUT2D eigenvalue weighted by molar-refractivity contribution is 0.382. The molecule has 4 nitrogen and oxygen atoms in total. The fourth-order valence-electron chi connectivity index (χ4n) is 1.99. The van der Waals surface area contributed by atoms with Gasteiger partial charge in [-0.15, -0.1) is 0 Å². The van der Waals surface area contributed by atoms with Gasteiger partial charge in [-0.25, -0.2) is 13.1 Å². The summed E-state index contributed by atoms with van der Waals surface area (Å²) in [6, 6.07) is 0.397. The molecule has 2 fully saturated rings. The van der Waals surface area contributed by atoms with Crippen LogP contribution in [-0.2, 0) is 10.0 Å². The van der Waals surface area contributed by atoms with Gasteiger partial charge in [0.1, 0.15) is 0 Å². The lowest BCUT2D eigenvalue weighted by Crippen LogP contribution is -2.44. The van der Waals surface area contributed by atoms with Crippen molar-refractivity contribution in [1.29, 1.82) is 0 Å². The summed E-state index contributed by atoms with van der Waals surface area (Å²) in [4.78, 5) is 0. The van der Waals surface area contributed by atoms with Crippen LogP contribution in [0.4, 0.5) is 0 Å². The molecular formula is C9H18N2O2S. The molecule has 0 aromatic heterocycles. The van der Waals surface area contributed by atoms with Crippen molar-refractivity contribution in [3.8, 4) is 0 Å². The Morgan fingerprint density at radius 3 is 2.50 bits per heavy atom. The summed E-state index contributed by atoms with van der Waals surface area (Å²) in [7, 11) is -3.04. The van der Waals surface area contributed by atoms with E-state index in [-0.39, 0.29) is 17.8 Å². The minimum atomic E-state index is -3.04. The van der Waals surface area contributed by atoms with E-state index in [9.17, 15) is 8.42 Å². The highest BCUT2D eigenvalue weighted by Gasteiger charge is 2.26. The third-order valence-electron chi connectivity index (χ3n) is 3.03. The van der Waals surface area contributed by atoms with E-state index < -0.39 is 10.0 Å². The zero-order valence-electron chi connectivity index (χ0n) is 8.33.